The summed E-state index contributed by atoms with van der Waals surface area (Å²) in [7, 11) is 0. The molecule has 17 heavy (non-hydrogen) atoms. The molecule has 1 aromatic heterocycles. The monoisotopic (exact) mass is 237 g/mol. The smallest absolute Gasteiger partial charge is 0.344 e. The van der Waals surface area contributed by atoms with E-state index < -0.39 is 0 Å². The van der Waals surface area contributed by atoms with Crippen LogP contribution in [0.15, 0.2) is 12.1 Å². The van der Waals surface area contributed by atoms with E-state index in [2.05, 4.69) is 4.98 Å². The molecule has 1 heterocycles. The lowest BCUT2D eigenvalue weighted by Gasteiger charge is -2.11. The maximum Gasteiger partial charge on any atom is 0.344 e. The Balaban J connectivity index is 2.60. The minimum atomic E-state index is -0.359. The maximum absolute atomic E-state index is 11.3. The molecule has 0 amide bonds. The first kappa shape index (κ1) is 13.5. The highest BCUT2D eigenvalue weighted by molar-refractivity contribution is 5.71. The first-order valence-electron chi connectivity index (χ1n) is 5.81. The molecule has 0 saturated carbocycles. The summed E-state index contributed by atoms with van der Waals surface area (Å²) in [5.74, 6) is 0.293. The Bertz CT molecular complexity index is 388. The van der Waals surface area contributed by atoms with Crippen molar-refractivity contribution in [2.75, 3.05) is 6.61 Å². The molecule has 94 valence electrons. The summed E-state index contributed by atoms with van der Waals surface area (Å²) in [6.45, 7) is 7.47. The number of nitrogens with zero attached hydrogens (tertiary/aromatic N) is 1. The van der Waals surface area contributed by atoms with Crippen LogP contribution >= 0.6 is 0 Å². The van der Waals surface area contributed by atoms with Crippen molar-refractivity contribution in [3.8, 4) is 5.75 Å². The Morgan fingerprint density at radius 2 is 2.12 bits per heavy atom. The summed E-state index contributed by atoms with van der Waals surface area (Å²) >= 11 is 0. The van der Waals surface area contributed by atoms with Crippen LogP contribution in [0.5, 0.6) is 5.75 Å². The van der Waals surface area contributed by atoms with Gasteiger partial charge in [0.1, 0.15) is 5.75 Å². The van der Waals surface area contributed by atoms with Crippen molar-refractivity contribution < 1.29 is 14.3 Å². The average Bonchev–Trinajstić information content (AvgIpc) is 2.26. The molecular weight excluding hydrogens is 218 g/mol. The van der Waals surface area contributed by atoms with Crippen molar-refractivity contribution >= 4 is 5.97 Å². The number of pyridine rings is 1. The van der Waals surface area contributed by atoms with Gasteiger partial charge in [-0.05, 0) is 39.3 Å². The van der Waals surface area contributed by atoms with Crippen LogP contribution in [0.4, 0.5) is 0 Å². The molecule has 0 spiro atoms. The van der Waals surface area contributed by atoms with Crippen LogP contribution in [0.3, 0.4) is 0 Å². The average molecular weight is 237 g/mol. The molecule has 1 aromatic rings. The molecule has 0 saturated heterocycles. The molecule has 0 radical (unpaired) electrons. The van der Waals surface area contributed by atoms with E-state index >= 15 is 0 Å². The number of hydrogen-bond donors (Lipinski definition) is 0. The van der Waals surface area contributed by atoms with E-state index in [-0.39, 0.29) is 18.7 Å². The second-order valence-electron chi connectivity index (χ2n) is 4.08. The highest BCUT2D eigenvalue weighted by atomic mass is 16.6. The lowest BCUT2D eigenvalue weighted by Crippen LogP contribution is -2.19. The fourth-order valence-corrected chi connectivity index (χ4v) is 1.42. The van der Waals surface area contributed by atoms with Gasteiger partial charge in [-0.2, -0.15) is 0 Å². The van der Waals surface area contributed by atoms with Gasteiger partial charge in [0.15, 0.2) is 6.61 Å². The Morgan fingerprint density at radius 1 is 1.41 bits per heavy atom. The van der Waals surface area contributed by atoms with Crippen molar-refractivity contribution in [2.45, 2.75) is 40.2 Å². The van der Waals surface area contributed by atoms with E-state index in [9.17, 15) is 4.79 Å². The third-order valence-electron chi connectivity index (χ3n) is 2.12. The Kier molecular flexibility index (Phi) is 4.94. The van der Waals surface area contributed by atoms with Crippen LogP contribution in [0, 0.1) is 6.92 Å². The van der Waals surface area contributed by atoms with Gasteiger partial charge >= 0.3 is 5.97 Å². The van der Waals surface area contributed by atoms with E-state index in [0.29, 0.717) is 5.75 Å². The number of carbonyl (C=O) groups is 1. The third kappa shape index (κ3) is 4.43. The Morgan fingerprint density at radius 3 is 2.71 bits per heavy atom. The molecule has 0 unspecified atom stereocenters. The molecule has 0 aliphatic carbocycles. The normalized spacial score (nSPS) is 10.4. The highest BCUT2D eigenvalue weighted by Crippen LogP contribution is 2.17. The summed E-state index contributed by atoms with van der Waals surface area (Å²) < 4.78 is 10.4. The van der Waals surface area contributed by atoms with Crippen molar-refractivity contribution in [1.82, 2.24) is 4.98 Å². The molecule has 0 bridgehead atoms. The van der Waals surface area contributed by atoms with Gasteiger partial charge in [0.2, 0.25) is 0 Å². The molecule has 0 aliphatic heterocycles. The summed E-state index contributed by atoms with van der Waals surface area (Å²) in [4.78, 5) is 15.7. The number of carbonyl (C=O) groups excluding carboxylic acids is 1. The molecule has 0 aliphatic rings. The summed E-state index contributed by atoms with van der Waals surface area (Å²) in [6, 6.07) is 3.70. The molecule has 4 nitrogen and oxygen atoms in total. The third-order valence-corrected chi connectivity index (χ3v) is 2.12. The molecule has 0 N–H and O–H groups in total. The fourth-order valence-electron chi connectivity index (χ4n) is 1.42. The van der Waals surface area contributed by atoms with Gasteiger partial charge in [0.05, 0.1) is 11.8 Å². The summed E-state index contributed by atoms with van der Waals surface area (Å²) in [5.41, 5.74) is 1.81. The number of rotatable bonds is 5. The SMILES string of the molecule is CCc1nc(C)ccc1OCC(=O)OC(C)C. The molecule has 4 heteroatoms. The molecule has 1 rings (SSSR count). The zero-order valence-corrected chi connectivity index (χ0v) is 10.8. The van der Waals surface area contributed by atoms with Gasteiger partial charge in [-0.3, -0.25) is 4.98 Å². The first-order chi connectivity index (χ1) is 8.02. The van der Waals surface area contributed by atoms with Crippen LogP contribution in [-0.2, 0) is 16.0 Å². The van der Waals surface area contributed by atoms with Gasteiger partial charge in [-0.1, -0.05) is 6.92 Å². The van der Waals surface area contributed by atoms with E-state index in [0.717, 1.165) is 17.8 Å². The predicted octanol–water partition coefficient (Wildman–Crippen LogP) is 2.28. The predicted molar refractivity (Wildman–Crippen MR) is 65.1 cm³/mol. The lowest BCUT2D eigenvalue weighted by molar-refractivity contribution is -0.149. The van der Waals surface area contributed by atoms with Crippen LogP contribution in [0.25, 0.3) is 0 Å². The largest absolute Gasteiger partial charge is 0.480 e. The van der Waals surface area contributed by atoms with E-state index in [1.165, 1.54) is 0 Å². The summed E-state index contributed by atoms with van der Waals surface area (Å²) in [5, 5.41) is 0. The van der Waals surface area contributed by atoms with Crippen LogP contribution in [0.1, 0.15) is 32.2 Å². The van der Waals surface area contributed by atoms with Gasteiger partial charge in [0, 0.05) is 5.69 Å². The Labute approximate surface area is 102 Å². The molecule has 0 atom stereocenters. The molecule has 0 aromatic carbocycles. The van der Waals surface area contributed by atoms with Crippen molar-refractivity contribution in [1.29, 1.82) is 0 Å². The molecular formula is C13H19NO3. The first-order valence-corrected chi connectivity index (χ1v) is 5.81. The number of ether oxygens (including phenoxy) is 2. The fraction of sp³-hybridized carbons (Fsp3) is 0.538. The van der Waals surface area contributed by atoms with Crippen molar-refractivity contribution in [3.63, 3.8) is 0 Å². The van der Waals surface area contributed by atoms with E-state index in [4.69, 9.17) is 9.47 Å². The van der Waals surface area contributed by atoms with Crippen LogP contribution in [-0.4, -0.2) is 23.7 Å². The highest BCUT2D eigenvalue weighted by Gasteiger charge is 2.09. The Hall–Kier alpha value is -1.58. The second-order valence-corrected chi connectivity index (χ2v) is 4.08. The second kappa shape index (κ2) is 6.23. The quantitative estimate of drug-likeness (QED) is 0.737. The minimum Gasteiger partial charge on any atom is -0.480 e. The van der Waals surface area contributed by atoms with Crippen LogP contribution in [0.2, 0.25) is 0 Å². The van der Waals surface area contributed by atoms with Gasteiger partial charge in [-0.25, -0.2) is 4.79 Å². The zero-order valence-electron chi connectivity index (χ0n) is 10.8. The number of esters is 1. The van der Waals surface area contributed by atoms with Gasteiger partial charge in [-0.15, -0.1) is 0 Å². The topological polar surface area (TPSA) is 48.4 Å². The van der Waals surface area contributed by atoms with Gasteiger partial charge < -0.3 is 9.47 Å². The standard InChI is InChI=1S/C13H19NO3/c1-5-11-12(7-6-10(4)14-11)16-8-13(15)17-9(2)3/h6-7,9H,5,8H2,1-4H3. The van der Waals surface area contributed by atoms with Crippen molar-refractivity contribution in [2.24, 2.45) is 0 Å². The number of aromatic nitrogens is 1. The number of hydrogen-bond acceptors (Lipinski definition) is 4. The van der Waals surface area contributed by atoms with E-state index in [1.807, 2.05) is 39.8 Å². The minimum absolute atomic E-state index is 0.0735. The number of aryl methyl sites for hydroxylation is 2. The van der Waals surface area contributed by atoms with Crippen LogP contribution < -0.4 is 4.74 Å². The zero-order chi connectivity index (χ0) is 12.8. The lowest BCUT2D eigenvalue weighted by atomic mass is 10.2. The molecule has 0 fully saturated rings. The summed E-state index contributed by atoms with van der Waals surface area (Å²) in [6.07, 6.45) is 0.656. The van der Waals surface area contributed by atoms with Crippen molar-refractivity contribution in [3.05, 3.63) is 23.5 Å². The van der Waals surface area contributed by atoms with E-state index in [1.54, 1.807) is 0 Å². The van der Waals surface area contributed by atoms with Gasteiger partial charge in [0.25, 0.3) is 0 Å². The maximum atomic E-state index is 11.3.